The van der Waals surface area contributed by atoms with Gasteiger partial charge < -0.3 is 4.90 Å². The maximum atomic E-state index is 13.2. The Labute approximate surface area is 199 Å². The smallest absolute Gasteiger partial charge is 0.274 e. The van der Waals surface area contributed by atoms with Gasteiger partial charge in [-0.1, -0.05) is 0 Å². The van der Waals surface area contributed by atoms with E-state index < -0.39 is 0 Å². The summed E-state index contributed by atoms with van der Waals surface area (Å²) >= 11 is 3.58. The van der Waals surface area contributed by atoms with E-state index in [0.717, 1.165) is 47.7 Å². The lowest BCUT2D eigenvalue weighted by Crippen LogP contribution is -2.48. The molecule has 5 heterocycles. The second-order valence-corrected chi connectivity index (χ2v) is 9.15. The number of fused-ring (bicyclic) bond motifs is 1. The lowest BCUT2D eigenvalue weighted by atomic mass is 10.2. The molecule has 172 valence electrons. The highest BCUT2D eigenvalue weighted by Crippen LogP contribution is 2.27. The monoisotopic (exact) mass is 511 g/mol. The van der Waals surface area contributed by atoms with Gasteiger partial charge in [0.05, 0.1) is 15.9 Å². The Hall–Kier alpha value is -3.05. The van der Waals surface area contributed by atoms with Crippen LogP contribution in [-0.4, -0.2) is 76.0 Å². The van der Waals surface area contributed by atoms with Gasteiger partial charge in [0.1, 0.15) is 5.69 Å². The molecule has 0 aromatic carbocycles. The van der Waals surface area contributed by atoms with Crippen molar-refractivity contribution in [2.24, 2.45) is 7.05 Å². The third kappa shape index (κ3) is 4.18. The maximum absolute atomic E-state index is 13.2. The van der Waals surface area contributed by atoms with Gasteiger partial charge in [0.25, 0.3) is 5.91 Å². The van der Waals surface area contributed by atoms with Gasteiger partial charge in [0.15, 0.2) is 11.3 Å². The van der Waals surface area contributed by atoms with Crippen LogP contribution in [0.25, 0.3) is 17.0 Å². The third-order valence-electron chi connectivity index (χ3n) is 6.03. The van der Waals surface area contributed by atoms with Crippen LogP contribution in [0.15, 0.2) is 35.2 Å². The molecule has 11 heteroatoms. The number of carbonyl (C=O) groups excluding carboxylic acids is 1. The predicted octanol–water partition coefficient (Wildman–Crippen LogP) is 2.38. The average Bonchev–Trinajstić information content (AvgIpc) is 3.50. The predicted molar refractivity (Wildman–Crippen MR) is 127 cm³/mol. The first kappa shape index (κ1) is 21.8. The summed E-state index contributed by atoms with van der Waals surface area (Å²) in [6.45, 7) is 8.65. The second kappa shape index (κ2) is 8.71. The van der Waals surface area contributed by atoms with E-state index >= 15 is 0 Å². The number of nitrogens with zero attached hydrogens (tertiary/aromatic N) is 9. The number of aryl methyl sites for hydroxylation is 3. The van der Waals surface area contributed by atoms with Crippen molar-refractivity contribution in [2.75, 3.05) is 26.2 Å². The molecule has 1 fully saturated rings. The molecule has 1 aliphatic heterocycles. The summed E-state index contributed by atoms with van der Waals surface area (Å²) in [5, 5.41) is 13.6. The topological polar surface area (TPSA) is 89.4 Å². The summed E-state index contributed by atoms with van der Waals surface area (Å²) in [4.78, 5) is 21.9. The van der Waals surface area contributed by atoms with Gasteiger partial charge >= 0.3 is 0 Å². The van der Waals surface area contributed by atoms with E-state index in [2.05, 4.69) is 47.3 Å². The van der Waals surface area contributed by atoms with Gasteiger partial charge in [-0.3, -0.25) is 19.1 Å². The molecule has 0 radical (unpaired) electrons. The van der Waals surface area contributed by atoms with Crippen molar-refractivity contribution in [2.45, 2.75) is 26.9 Å². The highest BCUT2D eigenvalue weighted by Gasteiger charge is 2.25. The summed E-state index contributed by atoms with van der Waals surface area (Å²) in [5.41, 5.74) is 4.87. The van der Waals surface area contributed by atoms with Gasteiger partial charge in [-0.15, -0.1) is 0 Å². The van der Waals surface area contributed by atoms with Crippen LogP contribution in [0.1, 0.15) is 28.7 Å². The van der Waals surface area contributed by atoms with Crippen LogP contribution in [0.2, 0.25) is 0 Å². The largest absolute Gasteiger partial charge is 0.335 e. The molecule has 1 saturated heterocycles. The molecule has 0 bridgehead atoms. The molecule has 0 aliphatic carbocycles. The molecule has 1 aliphatic rings. The Morgan fingerprint density at radius 1 is 1.12 bits per heavy atom. The van der Waals surface area contributed by atoms with Crippen LogP contribution in [0.3, 0.4) is 0 Å². The maximum Gasteiger partial charge on any atom is 0.274 e. The first-order valence-corrected chi connectivity index (χ1v) is 11.8. The Morgan fingerprint density at radius 2 is 1.91 bits per heavy atom. The Kier molecular flexibility index (Phi) is 5.75. The van der Waals surface area contributed by atoms with E-state index in [1.807, 2.05) is 47.4 Å². The molecular formula is C22H26BrN9O. The van der Waals surface area contributed by atoms with E-state index in [1.165, 1.54) is 5.56 Å². The minimum atomic E-state index is -0.0678. The number of carbonyl (C=O) groups is 1. The van der Waals surface area contributed by atoms with Crippen LogP contribution in [0, 0.1) is 6.92 Å². The Balaban J connectivity index is 1.32. The SMILES string of the molecule is CCn1cc(Br)c(-c2ccnc3cc(C(=O)N4CCN(Cc5cn(C)nc5C)CC4)nn23)n1. The standard InChI is InChI=1S/C22H26BrN9O/c1-4-31-14-17(23)21(27-31)19-5-6-24-20-11-18(26-32(19)20)22(33)30-9-7-29(8-10-30)13-16-12-28(3)25-15(16)2/h5-6,11-12,14H,4,7-10,13H2,1-3H3. The molecular weight excluding hydrogens is 486 g/mol. The summed E-state index contributed by atoms with van der Waals surface area (Å²) in [6.07, 6.45) is 5.72. The fourth-order valence-corrected chi connectivity index (χ4v) is 4.75. The Morgan fingerprint density at radius 3 is 2.58 bits per heavy atom. The minimum Gasteiger partial charge on any atom is -0.335 e. The number of aromatic nitrogens is 7. The van der Waals surface area contributed by atoms with Gasteiger partial charge in [-0.05, 0) is 35.8 Å². The number of hydrogen-bond donors (Lipinski definition) is 0. The van der Waals surface area contributed by atoms with Crippen molar-refractivity contribution < 1.29 is 4.79 Å². The van der Waals surface area contributed by atoms with E-state index in [0.29, 0.717) is 24.4 Å². The summed E-state index contributed by atoms with van der Waals surface area (Å²) in [6, 6.07) is 3.61. The molecule has 0 N–H and O–H groups in total. The quantitative estimate of drug-likeness (QED) is 0.408. The van der Waals surface area contributed by atoms with Crippen LogP contribution in [-0.2, 0) is 20.1 Å². The fraction of sp³-hybridized carbons (Fsp3) is 0.409. The molecule has 0 atom stereocenters. The van der Waals surface area contributed by atoms with Gasteiger partial charge in [0.2, 0.25) is 0 Å². The molecule has 4 aromatic rings. The first-order chi connectivity index (χ1) is 15.9. The van der Waals surface area contributed by atoms with Gasteiger partial charge in [-0.2, -0.15) is 15.3 Å². The van der Waals surface area contributed by atoms with Crippen LogP contribution < -0.4 is 0 Å². The Bertz CT molecular complexity index is 1310. The van der Waals surface area contributed by atoms with Crippen molar-refractivity contribution in [3.8, 4) is 11.4 Å². The van der Waals surface area contributed by atoms with Crippen molar-refractivity contribution in [1.82, 2.24) is 44.0 Å². The van der Waals surface area contributed by atoms with Crippen LogP contribution in [0.5, 0.6) is 0 Å². The zero-order valence-corrected chi connectivity index (χ0v) is 20.5. The zero-order valence-electron chi connectivity index (χ0n) is 18.9. The number of piperazine rings is 1. The summed E-state index contributed by atoms with van der Waals surface area (Å²) in [7, 11) is 1.94. The number of hydrogen-bond acceptors (Lipinski definition) is 6. The van der Waals surface area contributed by atoms with Crippen molar-refractivity contribution in [3.05, 3.63) is 52.1 Å². The van der Waals surface area contributed by atoms with Crippen LogP contribution >= 0.6 is 15.9 Å². The van der Waals surface area contributed by atoms with E-state index in [-0.39, 0.29) is 5.91 Å². The lowest BCUT2D eigenvalue weighted by Gasteiger charge is -2.34. The highest BCUT2D eigenvalue weighted by atomic mass is 79.9. The summed E-state index contributed by atoms with van der Waals surface area (Å²) in [5.74, 6) is -0.0678. The van der Waals surface area contributed by atoms with Crippen molar-refractivity contribution >= 4 is 27.5 Å². The first-order valence-electron chi connectivity index (χ1n) is 11.0. The van der Waals surface area contributed by atoms with E-state index in [1.54, 1.807) is 16.8 Å². The fourth-order valence-electron chi connectivity index (χ4n) is 4.23. The number of rotatable bonds is 5. The molecule has 33 heavy (non-hydrogen) atoms. The number of halogens is 1. The lowest BCUT2D eigenvalue weighted by molar-refractivity contribution is 0.0622. The van der Waals surface area contributed by atoms with Crippen molar-refractivity contribution in [3.63, 3.8) is 0 Å². The molecule has 1 amide bonds. The van der Waals surface area contributed by atoms with Gasteiger partial charge in [-0.25, -0.2) is 9.50 Å². The average molecular weight is 512 g/mol. The van der Waals surface area contributed by atoms with Crippen molar-refractivity contribution in [1.29, 1.82) is 0 Å². The zero-order chi connectivity index (χ0) is 23.1. The van der Waals surface area contributed by atoms with Crippen LogP contribution in [0.4, 0.5) is 0 Å². The molecule has 0 unspecified atom stereocenters. The van der Waals surface area contributed by atoms with E-state index in [4.69, 9.17) is 0 Å². The van der Waals surface area contributed by atoms with E-state index in [9.17, 15) is 4.79 Å². The number of amides is 1. The molecule has 4 aromatic heterocycles. The van der Waals surface area contributed by atoms with Gasteiger partial charge in [0, 0.05) is 76.5 Å². The second-order valence-electron chi connectivity index (χ2n) is 8.29. The normalized spacial score (nSPS) is 15.0. The third-order valence-corrected chi connectivity index (χ3v) is 6.61. The molecule has 10 nitrogen and oxygen atoms in total. The molecule has 0 spiro atoms. The summed E-state index contributed by atoms with van der Waals surface area (Å²) < 4.78 is 6.27. The molecule has 5 rings (SSSR count). The minimum absolute atomic E-state index is 0.0678. The molecule has 0 saturated carbocycles. The highest BCUT2D eigenvalue weighted by molar-refractivity contribution is 9.10.